The summed E-state index contributed by atoms with van der Waals surface area (Å²) in [5, 5.41) is 25.0. The van der Waals surface area contributed by atoms with Gasteiger partial charge in [-0.05, 0) is 25.7 Å². The number of rotatable bonds is 0. The lowest BCUT2D eigenvalue weighted by atomic mass is 9.93. The maximum absolute atomic E-state index is 12.3. The number of allylic oxidation sites excluding steroid dienone is 4. The molecule has 0 aromatic heterocycles. The normalized spacial score (nSPS) is 34.9. The summed E-state index contributed by atoms with van der Waals surface area (Å²) in [4.78, 5) is 0. The van der Waals surface area contributed by atoms with Gasteiger partial charge < -0.3 is 20.5 Å². The Hall–Kier alpha value is -0.680. The van der Waals surface area contributed by atoms with Crippen LogP contribution in [0.25, 0.3) is 0 Å². The number of quaternary nitrogens is 2. The van der Waals surface area contributed by atoms with Crippen LogP contribution in [-0.4, -0.2) is 0 Å². The van der Waals surface area contributed by atoms with Crippen molar-refractivity contribution in [3.8, 4) is 0 Å². The van der Waals surface area contributed by atoms with Crippen molar-refractivity contribution < 1.29 is 10.1 Å². The van der Waals surface area contributed by atoms with Gasteiger partial charge in [0.05, 0.1) is 0 Å². The quantitative estimate of drug-likeness (QED) is 0.581. The minimum Gasteiger partial charge on any atom is -0.624 e. The van der Waals surface area contributed by atoms with Gasteiger partial charge in [-0.1, -0.05) is 0 Å². The lowest BCUT2D eigenvalue weighted by Gasteiger charge is -2.41. The van der Waals surface area contributed by atoms with Crippen LogP contribution in [0.3, 0.4) is 0 Å². The predicted molar refractivity (Wildman–Crippen MR) is 59.6 cm³/mol. The zero-order valence-corrected chi connectivity index (χ0v) is 9.47. The molecule has 0 fully saturated rings. The molecule has 0 atom stereocenters. The van der Waals surface area contributed by atoms with E-state index in [1.54, 1.807) is 0 Å². The van der Waals surface area contributed by atoms with E-state index < -0.39 is 0 Å². The highest BCUT2D eigenvalue weighted by Gasteiger charge is 2.37. The molecule has 0 radical (unpaired) electrons. The van der Waals surface area contributed by atoms with Gasteiger partial charge in [0.15, 0.2) is 22.8 Å². The minimum absolute atomic E-state index is 0.212. The third kappa shape index (κ3) is 1.45. The molecule has 0 saturated heterocycles. The van der Waals surface area contributed by atoms with Crippen molar-refractivity contribution in [2.75, 3.05) is 0 Å². The molecule has 3 aliphatic rings. The molecule has 3 rings (SSSR count). The van der Waals surface area contributed by atoms with Crippen LogP contribution in [0.5, 0.6) is 0 Å². The van der Waals surface area contributed by atoms with Gasteiger partial charge in [-0.3, -0.25) is 0 Å². The Morgan fingerprint density at radius 1 is 0.562 bits per heavy atom. The van der Waals surface area contributed by atoms with E-state index in [-0.39, 0.29) is 10.1 Å². The van der Waals surface area contributed by atoms with Crippen LogP contribution in [0.4, 0.5) is 0 Å². The van der Waals surface area contributed by atoms with Crippen LogP contribution in [0, 0.1) is 10.4 Å². The molecule has 2 aliphatic carbocycles. The smallest absolute Gasteiger partial charge is 0.170 e. The van der Waals surface area contributed by atoms with Gasteiger partial charge in [-0.15, -0.1) is 0 Å². The molecule has 0 unspecified atom stereocenters. The van der Waals surface area contributed by atoms with Crippen molar-refractivity contribution in [1.29, 1.82) is 0 Å². The first-order valence-electron chi connectivity index (χ1n) is 6.32. The van der Waals surface area contributed by atoms with Crippen LogP contribution >= 0.6 is 0 Å². The average Bonchev–Trinajstić information content (AvgIpc) is 2.36. The summed E-state index contributed by atoms with van der Waals surface area (Å²) in [5.41, 5.74) is 3.43. The molecule has 88 valence electrons. The van der Waals surface area contributed by atoms with Gasteiger partial charge in [-0.2, -0.15) is 0 Å². The van der Waals surface area contributed by atoms with E-state index in [1.807, 2.05) is 0 Å². The van der Waals surface area contributed by atoms with Crippen molar-refractivity contribution in [2.45, 2.75) is 51.4 Å². The summed E-state index contributed by atoms with van der Waals surface area (Å²) in [6.07, 6.45) is 7.60. The Bertz CT molecular complexity index is 305. The molecule has 0 bridgehead atoms. The van der Waals surface area contributed by atoms with Crippen LogP contribution in [0.1, 0.15) is 51.4 Å². The van der Waals surface area contributed by atoms with Crippen molar-refractivity contribution >= 4 is 0 Å². The number of hydrogen-bond acceptors (Lipinski definition) is 2. The summed E-state index contributed by atoms with van der Waals surface area (Å²) >= 11 is 0. The highest BCUT2D eigenvalue weighted by Crippen LogP contribution is 2.25. The van der Waals surface area contributed by atoms with Crippen LogP contribution in [-0.2, 0) is 0 Å². The summed E-state index contributed by atoms with van der Waals surface area (Å²) in [5.74, 6) is 0. The molecule has 0 aromatic rings. The Labute approximate surface area is 95.4 Å². The monoisotopic (exact) mass is 222 g/mol. The molecule has 1 heterocycles. The zero-order valence-electron chi connectivity index (χ0n) is 9.47. The second kappa shape index (κ2) is 3.96. The van der Waals surface area contributed by atoms with Gasteiger partial charge in [0.1, 0.15) is 0 Å². The molecule has 2 N–H and O–H groups in total. The molecule has 0 amide bonds. The van der Waals surface area contributed by atoms with E-state index in [0.717, 1.165) is 74.2 Å². The van der Waals surface area contributed by atoms with Crippen molar-refractivity contribution in [3.63, 3.8) is 0 Å². The summed E-state index contributed by atoms with van der Waals surface area (Å²) in [6, 6.07) is 0. The second-order valence-corrected chi connectivity index (χ2v) is 4.99. The Morgan fingerprint density at radius 2 is 0.812 bits per heavy atom. The molecule has 0 spiro atoms. The molecule has 0 saturated carbocycles. The van der Waals surface area contributed by atoms with E-state index in [9.17, 15) is 10.4 Å². The number of nitrogens with one attached hydrogen (secondary N) is 2. The van der Waals surface area contributed by atoms with E-state index >= 15 is 0 Å². The first-order chi connectivity index (χ1) is 7.79. The van der Waals surface area contributed by atoms with Gasteiger partial charge in [0.2, 0.25) is 0 Å². The van der Waals surface area contributed by atoms with E-state index in [4.69, 9.17) is 0 Å². The Morgan fingerprint density at radius 3 is 1.06 bits per heavy atom. The minimum atomic E-state index is 0.212. The van der Waals surface area contributed by atoms with E-state index in [0.29, 0.717) is 0 Å². The fourth-order valence-corrected chi connectivity index (χ4v) is 3.18. The largest absolute Gasteiger partial charge is 0.624 e. The first kappa shape index (κ1) is 10.5. The first-order valence-corrected chi connectivity index (χ1v) is 6.32. The van der Waals surface area contributed by atoms with Crippen molar-refractivity contribution in [2.24, 2.45) is 0 Å². The molecule has 0 aromatic carbocycles. The number of hydrogen-bond donors (Lipinski definition) is 2. The zero-order chi connectivity index (χ0) is 11.1. The van der Waals surface area contributed by atoms with Crippen molar-refractivity contribution in [1.82, 2.24) is 0 Å². The molecule has 16 heavy (non-hydrogen) atoms. The van der Waals surface area contributed by atoms with Gasteiger partial charge in [0.25, 0.3) is 0 Å². The lowest BCUT2D eigenvalue weighted by molar-refractivity contribution is -0.842. The topological polar surface area (TPSA) is 55.0 Å². The maximum atomic E-state index is 12.3. The Balaban J connectivity index is 2.01. The summed E-state index contributed by atoms with van der Waals surface area (Å²) in [6.45, 7) is 0. The van der Waals surface area contributed by atoms with Crippen LogP contribution in [0.2, 0.25) is 0 Å². The molecular weight excluding hydrogens is 204 g/mol. The van der Waals surface area contributed by atoms with Gasteiger partial charge >= 0.3 is 0 Å². The third-order valence-corrected chi connectivity index (χ3v) is 4.03. The predicted octanol–water partition coefficient (Wildman–Crippen LogP) is 0.337. The highest BCUT2D eigenvalue weighted by molar-refractivity contribution is 5.16. The standard InChI is InChI=1S/C12H18N2O2/c15-13-9-5-1-2-6-10(9)14(16)12-8-4-3-7-11(12)13/h13-14H,1-8H2. The van der Waals surface area contributed by atoms with Crippen LogP contribution < -0.4 is 10.1 Å². The molecule has 4 nitrogen and oxygen atoms in total. The van der Waals surface area contributed by atoms with E-state index in [1.165, 1.54) is 0 Å². The average molecular weight is 222 g/mol. The summed E-state index contributed by atoms with van der Waals surface area (Å²) < 4.78 is 0. The molecule has 1 aliphatic heterocycles. The van der Waals surface area contributed by atoms with Crippen molar-refractivity contribution in [3.05, 3.63) is 33.2 Å². The van der Waals surface area contributed by atoms with Gasteiger partial charge in [0, 0.05) is 25.7 Å². The molecular formula is C12H18N2O2. The fraction of sp³-hybridized carbons (Fsp3) is 0.667. The fourth-order valence-electron chi connectivity index (χ4n) is 3.18. The highest BCUT2D eigenvalue weighted by atomic mass is 16.5. The lowest BCUT2D eigenvalue weighted by Crippen LogP contribution is -3.15. The summed E-state index contributed by atoms with van der Waals surface area (Å²) in [7, 11) is 0. The van der Waals surface area contributed by atoms with Crippen LogP contribution in [0.15, 0.2) is 22.8 Å². The Kier molecular flexibility index (Phi) is 2.59. The molecule has 4 heteroatoms. The third-order valence-electron chi connectivity index (χ3n) is 4.03. The maximum Gasteiger partial charge on any atom is 0.170 e. The van der Waals surface area contributed by atoms with Gasteiger partial charge in [-0.25, -0.2) is 0 Å². The second-order valence-electron chi connectivity index (χ2n) is 4.99. The number of hydroxylamine groups is 4. The SMILES string of the molecule is [O-][NH+]1C2=C(CCCC2)[NH+]([O-])C2=C1CCCC2. The van der Waals surface area contributed by atoms with E-state index in [2.05, 4.69) is 0 Å².